The quantitative estimate of drug-likeness (QED) is 0.805. The highest BCUT2D eigenvalue weighted by molar-refractivity contribution is 6.20. The van der Waals surface area contributed by atoms with Gasteiger partial charge in [-0.3, -0.25) is 9.78 Å². The monoisotopic (exact) mass is 226 g/mol. The number of carbonyl (C=O) groups excluding carboxylic acids is 1. The van der Waals surface area contributed by atoms with Gasteiger partial charge in [0.15, 0.2) is 0 Å². The van der Waals surface area contributed by atoms with Gasteiger partial charge in [-0.1, -0.05) is 0 Å². The lowest BCUT2D eigenvalue weighted by atomic mass is 9.95. The Morgan fingerprint density at radius 2 is 2.27 bits per heavy atom. The molecule has 1 rings (SSSR count). The Balaban J connectivity index is 2.80. The van der Waals surface area contributed by atoms with Crippen LogP contribution in [0, 0.1) is 12.3 Å². The predicted molar refractivity (Wildman–Crippen MR) is 62.1 cm³/mol. The molecule has 0 aliphatic heterocycles. The van der Waals surface area contributed by atoms with Crippen LogP contribution in [0.5, 0.6) is 0 Å². The molecule has 0 aliphatic carbocycles. The molecule has 3 nitrogen and oxygen atoms in total. The number of anilines is 1. The number of carbonyl (C=O) groups is 1. The fourth-order valence-electron chi connectivity index (χ4n) is 0.966. The Kier molecular flexibility index (Phi) is 3.69. The molecule has 0 unspecified atom stereocenters. The average Bonchev–Trinajstić information content (AvgIpc) is 2.21. The third-order valence-corrected chi connectivity index (χ3v) is 2.89. The number of alkyl halides is 1. The van der Waals surface area contributed by atoms with E-state index in [0.29, 0.717) is 5.88 Å². The van der Waals surface area contributed by atoms with Gasteiger partial charge in [-0.15, -0.1) is 11.6 Å². The Bertz CT molecular complexity index is 363. The van der Waals surface area contributed by atoms with E-state index in [4.69, 9.17) is 11.6 Å². The molecule has 1 amide bonds. The van der Waals surface area contributed by atoms with Crippen molar-refractivity contribution in [3.63, 3.8) is 0 Å². The summed E-state index contributed by atoms with van der Waals surface area (Å²) in [6.45, 7) is 5.52. The van der Waals surface area contributed by atoms with Crippen LogP contribution < -0.4 is 5.32 Å². The third-order valence-electron chi connectivity index (χ3n) is 2.22. The van der Waals surface area contributed by atoms with Crippen molar-refractivity contribution in [2.75, 3.05) is 11.2 Å². The van der Waals surface area contributed by atoms with Gasteiger partial charge < -0.3 is 5.32 Å². The Morgan fingerprint density at radius 1 is 1.60 bits per heavy atom. The van der Waals surface area contributed by atoms with E-state index in [1.54, 1.807) is 18.5 Å². The molecule has 0 radical (unpaired) electrons. The summed E-state index contributed by atoms with van der Waals surface area (Å²) in [6, 6.07) is 1.78. The molecular weight excluding hydrogens is 212 g/mol. The van der Waals surface area contributed by atoms with Crippen LogP contribution in [0.4, 0.5) is 5.69 Å². The molecule has 1 N–H and O–H groups in total. The highest BCUT2D eigenvalue weighted by Gasteiger charge is 2.26. The first-order chi connectivity index (χ1) is 6.97. The number of hydrogen-bond donors (Lipinski definition) is 1. The molecule has 0 aromatic carbocycles. The van der Waals surface area contributed by atoms with Crippen LogP contribution in [0.3, 0.4) is 0 Å². The molecule has 82 valence electrons. The topological polar surface area (TPSA) is 42.0 Å². The molecule has 0 fully saturated rings. The lowest BCUT2D eigenvalue weighted by Crippen LogP contribution is -2.32. The van der Waals surface area contributed by atoms with E-state index in [0.717, 1.165) is 11.3 Å². The molecule has 0 spiro atoms. The Labute approximate surface area is 94.9 Å². The zero-order valence-corrected chi connectivity index (χ0v) is 9.93. The maximum Gasteiger partial charge on any atom is 0.231 e. The highest BCUT2D eigenvalue weighted by Crippen LogP contribution is 2.21. The first kappa shape index (κ1) is 12.0. The van der Waals surface area contributed by atoms with Crippen molar-refractivity contribution >= 4 is 23.2 Å². The molecule has 0 saturated carbocycles. The van der Waals surface area contributed by atoms with Crippen LogP contribution in [0.2, 0.25) is 0 Å². The number of hydrogen-bond acceptors (Lipinski definition) is 2. The molecule has 15 heavy (non-hydrogen) atoms. The number of aryl methyl sites for hydroxylation is 1. The standard InChI is InChI=1S/C11H15ClN2O/c1-8-6-13-5-4-9(8)14-10(15)11(2,3)7-12/h4-6H,7H2,1-3H3,(H,13,14,15). The van der Waals surface area contributed by atoms with Crippen LogP contribution >= 0.6 is 11.6 Å². The molecule has 1 aromatic rings. The van der Waals surface area contributed by atoms with Crippen molar-refractivity contribution in [1.82, 2.24) is 4.98 Å². The molecule has 0 aliphatic rings. The molecule has 0 saturated heterocycles. The lowest BCUT2D eigenvalue weighted by Gasteiger charge is -2.20. The van der Waals surface area contributed by atoms with Crippen molar-refractivity contribution in [3.05, 3.63) is 24.0 Å². The second-order valence-corrected chi connectivity index (χ2v) is 4.43. The molecule has 1 heterocycles. The summed E-state index contributed by atoms with van der Waals surface area (Å²) >= 11 is 5.72. The van der Waals surface area contributed by atoms with Gasteiger partial charge in [-0.05, 0) is 32.4 Å². The number of amides is 1. The van der Waals surface area contributed by atoms with Crippen molar-refractivity contribution in [2.45, 2.75) is 20.8 Å². The van der Waals surface area contributed by atoms with Gasteiger partial charge in [0.05, 0.1) is 5.41 Å². The third kappa shape index (κ3) is 2.93. The van der Waals surface area contributed by atoms with Gasteiger partial charge in [0.25, 0.3) is 0 Å². The van der Waals surface area contributed by atoms with Gasteiger partial charge in [0.1, 0.15) is 0 Å². The largest absolute Gasteiger partial charge is 0.325 e. The van der Waals surface area contributed by atoms with Crippen LogP contribution in [0.1, 0.15) is 19.4 Å². The van der Waals surface area contributed by atoms with Gasteiger partial charge in [-0.2, -0.15) is 0 Å². The summed E-state index contributed by atoms with van der Waals surface area (Å²) in [5, 5.41) is 2.84. The average molecular weight is 227 g/mol. The summed E-state index contributed by atoms with van der Waals surface area (Å²) in [7, 11) is 0. The summed E-state index contributed by atoms with van der Waals surface area (Å²) in [4.78, 5) is 15.8. The van der Waals surface area contributed by atoms with Gasteiger partial charge in [-0.25, -0.2) is 0 Å². The zero-order chi connectivity index (χ0) is 11.5. The number of nitrogens with one attached hydrogen (secondary N) is 1. The second kappa shape index (κ2) is 4.62. The molecule has 0 bridgehead atoms. The number of nitrogens with zero attached hydrogens (tertiary/aromatic N) is 1. The number of halogens is 1. The lowest BCUT2D eigenvalue weighted by molar-refractivity contribution is -0.122. The fourth-order valence-corrected chi connectivity index (χ4v) is 1.09. The summed E-state index contributed by atoms with van der Waals surface area (Å²) < 4.78 is 0. The summed E-state index contributed by atoms with van der Waals surface area (Å²) in [5.41, 5.74) is 1.17. The molecule has 0 atom stereocenters. The van der Waals surface area contributed by atoms with Crippen molar-refractivity contribution in [3.8, 4) is 0 Å². The Hall–Kier alpha value is -1.09. The van der Waals surface area contributed by atoms with E-state index in [2.05, 4.69) is 10.3 Å². The van der Waals surface area contributed by atoms with Crippen LogP contribution in [-0.4, -0.2) is 16.8 Å². The fraction of sp³-hybridized carbons (Fsp3) is 0.455. The molecule has 4 heteroatoms. The van der Waals surface area contributed by atoms with E-state index in [1.165, 1.54) is 0 Å². The summed E-state index contributed by atoms with van der Waals surface area (Å²) in [6.07, 6.45) is 3.36. The molecule has 1 aromatic heterocycles. The molecular formula is C11H15ClN2O. The SMILES string of the molecule is Cc1cnccc1NC(=O)C(C)(C)CCl. The minimum atomic E-state index is -0.558. The van der Waals surface area contributed by atoms with Gasteiger partial charge in [0.2, 0.25) is 5.91 Å². The maximum absolute atomic E-state index is 11.8. The first-order valence-electron chi connectivity index (χ1n) is 4.75. The van der Waals surface area contributed by atoms with E-state index in [9.17, 15) is 4.79 Å². The van der Waals surface area contributed by atoms with E-state index < -0.39 is 5.41 Å². The van der Waals surface area contributed by atoms with Crippen molar-refractivity contribution in [1.29, 1.82) is 0 Å². The van der Waals surface area contributed by atoms with Gasteiger partial charge >= 0.3 is 0 Å². The first-order valence-corrected chi connectivity index (χ1v) is 5.29. The Morgan fingerprint density at radius 3 is 2.80 bits per heavy atom. The number of aromatic nitrogens is 1. The van der Waals surface area contributed by atoms with E-state index in [1.807, 2.05) is 20.8 Å². The second-order valence-electron chi connectivity index (χ2n) is 4.16. The highest BCUT2D eigenvalue weighted by atomic mass is 35.5. The zero-order valence-electron chi connectivity index (χ0n) is 9.17. The minimum Gasteiger partial charge on any atom is -0.325 e. The summed E-state index contributed by atoms with van der Waals surface area (Å²) in [5.74, 6) is 0.218. The van der Waals surface area contributed by atoms with Gasteiger partial charge in [0, 0.05) is 24.0 Å². The van der Waals surface area contributed by atoms with Crippen LogP contribution in [0.15, 0.2) is 18.5 Å². The van der Waals surface area contributed by atoms with E-state index in [-0.39, 0.29) is 5.91 Å². The van der Waals surface area contributed by atoms with Crippen molar-refractivity contribution < 1.29 is 4.79 Å². The van der Waals surface area contributed by atoms with E-state index >= 15 is 0 Å². The number of pyridine rings is 1. The maximum atomic E-state index is 11.8. The normalized spacial score (nSPS) is 11.2. The van der Waals surface area contributed by atoms with Crippen LogP contribution in [-0.2, 0) is 4.79 Å². The van der Waals surface area contributed by atoms with Crippen LogP contribution in [0.25, 0.3) is 0 Å². The minimum absolute atomic E-state index is 0.0770. The smallest absolute Gasteiger partial charge is 0.231 e. The number of rotatable bonds is 3. The predicted octanol–water partition coefficient (Wildman–Crippen LogP) is 2.59. The van der Waals surface area contributed by atoms with Crippen molar-refractivity contribution in [2.24, 2.45) is 5.41 Å².